The van der Waals surface area contributed by atoms with Crippen molar-refractivity contribution in [3.8, 4) is 0 Å². The number of nitrogens with one attached hydrogen (secondary N) is 2. The highest BCUT2D eigenvalue weighted by atomic mass is 16.2. The van der Waals surface area contributed by atoms with Crippen molar-refractivity contribution in [1.29, 1.82) is 0 Å². The minimum absolute atomic E-state index is 0.127. The zero-order chi connectivity index (χ0) is 16.8. The van der Waals surface area contributed by atoms with E-state index in [1.165, 1.54) is 0 Å². The summed E-state index contributed by atoms with van der Waals surface area (Å²) in [6.07, 6.45) is 5.30. The first-order valence-electron chi connectivity index (χ1n) is 8.24. The number of amides is 2. The van der Waals surface area contributed by atoms with E-state index in [9.17, 15) is 9.59 Å². The molecule has 0 rings (SSSR count). The van der Waals surface area contributed by atoms with Gasteiger partial charge in [-0.15, -0.1) is 0 Å². The van der Waals surface area contributed by atoms with Crippen LogP contribution < -0.4 is 10.6 Å². The Morgan fingerprint density at radius 2 is 1.05 bits per heavy atom. The summed E-state index contributed by atoms with van der Waals surface area (Å²) < 4.78 is 0. The Balaban J connectivity index is 3.30. The zero-order valence-electron chi connectivity index (χ0n) is 14.8. The van der Waals surface area contributed by atoms with E-state index in [-0.39, 0.29) is 11.8 Å². The van der Waals surface area contributed by atoms with Gasteiger partial charge >= 0.3 is 0 Å². The average molecular weight is 314 g/mol. The molecule has 0 aliphatic rings. The van der Waals surface area contributed by atoms with Crippen LogP contribution in [0.5, 0.6) is 0 Å². The molecule has 0 fully saturated rings. The van der Waals surface area contributed by atoms with Crippen molar-refractivity contribution >= 4 is 11.8 Å². The molecule has 22 heavy (non-hydrogen) atoms. The second kappa shape index (κ2) is 13.5. The molecule has 6 heteroatoms. The van der Waals surface area contributed by atoms with Gasteiger partial charge in [-0.3, -0.25) is 9.59 Å². The van der Waals surface area contributed by atoms with Gasteiger partial charge in [-0.05, 0) is 41.0 Å². The van der Waals surface area contributed by atoms with Crippen LogP contribution in [0, 0.1) is 0 Å². The second-order valence-corrected chi connectivity index (χ2v) is 6.22. The number of hydrogen-bond acceptors (Lipinski definition) is 4. The van der Waals surface area contributed by atoms with Crippen LogP contribution >= 0.6 is 0 Å². The molecule has 0 saturated carbocycles. The minimum Gasteiger partial charge on any atom is -0.356 e. The Morgan fingerprint density at radius 3 is 1.36 bits per heavy atom. The summed E-state index contributed by atoms with van der Waals surface area (Å²) in [6.45, 7) is 3.08. The Morgan fingerprint density at radius 1 is 0.682 bits per heavy atom. The minimum atomic E-state index is 0.127. The third-order valence-corrected chi connectivity index (χ3v) is 3.32. The van der Waals surface area contributed by atoms with E-state index in [2.05, 4.69) is 10.6 Å². The third-order valence-electron chi connectivity index (χ3n) is 3.32. The van der Waals surface area contributed by atoms with Crippen molar-refractivity contribution in [2.75, 3.05) is 54.4 Å². The van der Waals surface area contributed by atoms with Gasteiger partial charge in [0.15, 0.2) is 0 Å². The van der Waals surface area contributed by atoms with Gasteiger partial charge < -0.3 is 20.4 Å². The fraction of sp³-hybridized carbons (Fsp3) is 0.875. The Hall–Kier alpha value is -1.14. The van der Waals surface area contributed by atoms with Gasteiger partial charge in [0.2, 0.25) is 11.8 Å². The van der Waals surface area contributed by atoms with E-state index < -0.39 is 0 Å². The lowest BCUT2D eigenvalue weighted by molar-refractivity contribution is -0.122. The summed E-state index contributed by atoms with van der Waals surface area (Å²) in [5.41, 5.74) is 0. The molecule has 0 aliphatic heterocycles. The summed E-state index contributed by atoms with van der Waals surface area (Å²) in [7, 11) is 7.86. The highest BCUT2D eigenvalue weighted by Gasteiger charge is 2.02. The predicted molar refractivity (Wildman–Crippen MR) is 90.8 cm³/mol. The van der Waals surface area contributed by atoms with Gasteiger partial charge in [-0.25, -0.2) is 0 Å². The molecular formula is C16H34N4O2. The first kappa shape index (κ1) is 20.9. The van der Waals surface area contributed by atoms with Gasteiger partial charge in [0.05, 0.1) is 0 Å². The Bertz CT molecular complexity index is 277. The SMILES string of the molecule is CN(C)CCC(=O)NCCCCCCNC(=O)CCN(C)C. The molecule has 0 bridgehead atoms. The van der Waals surface area contributed by atoms with Crippen LogP contribution in [0.3, 0.4) is 0 Å². The molecule has 6 nitrogen and oxygen atoms in total. The lowest BCUT2D eigenvalue weighted by atomic mass is 10.2. The van der Waals surface area contributed by atoms with Crippen LogP contribution in [-0.2, 0) is 9.59 Å². The lowest BCUT2D eigenvalue weighted by Crippen LogP contribution is -2.28. The maximum absolute atomic E-state index is 11.5. The monoisotopic (exact) mass is 314 g/mol. The first-order chi connectivity index (χ1) is 10.4. The van der Waals surface area contributed by atoms with E-state index in [0.29, 0.717) is 12.8 Å². The fourth-order valence-corrected chi connectivity index (χ4v) is 1.89. The second-order valence-electron chi connectivity index (χ2n) is 6.22. The molecule has 0 saturated heterocycles. The normalized spacial score (nSPS) is 11.0. The molecule has 130 valence electrons. The number of rotatable bonds is 13. The molecule has 0 aromatic carbocycles. The van der Waals surface area contributed by atoms with E-state index in [4.69, 9.17) is 0 Å². The molecule has 0 atom stereocenters. The predicted octanol–water partition coefficient (Wildman–Crippen LogP) is 0.683. The maximum Gasteiger partial charge on any atom is 0.221 e. The summed E-state index contributed by atoms with van der Waals surface area (Å²) in [4.78, 5) is 27.0. The maximum atomic E-state index is 11.5. The van der Waals surface area contributed by atoms with Crippen LogP contribution in [0.2, 0.25) is 0 Å². The molecule has 0 spiro atoms. The van der Waals surface area contributed by atoms with Crippen molar-refractivity contribution in [3.05, 3.63) is 0 Å². The van der Waals surface area contributed by atoms with Gasteiger partial charge in [0.25, 0.3) is 0 Å². The molecule has 0 aromatic rings. The molecule has 0 aliphatic carbocycles. The average Bonchev–Trinajstić information content (AvgIpc) is 2.45. The number of unbranched alkanes of at least 4 members (excludes halogenated alkanes) is 3. The smallest absolute Gasteiger partial charge is 0.221 e. The van der Waals surface area contributed by atoms with Crippen molar-refractivity contribution < 1.29 is 9.59 Å². The van der Waals surface area contributed by atoms with E-state index in [1.807, 2.05) is 38.0 Å². The third kappa shape index (κ3) is 15.3. The fourth-order valence-electron chi connectivity index (χ4n) is 1.89. The van der Waals surface area contributed by atoms with Gasteiger partial charge in [-0.2, -0.15) is 0 Å². The molecule has 0 unspecified atom stereocenters. The lowest BCUT2D eigenvalue weighted by Gasteiger charge is -2.10. The van der Waals surface area contributed by atoms with Crippen molar-refractivity contribution in [3.63, 3.8) is 0 Å². The number of nitrogens with zero attached hydrogens (tertiary/aromatic N) is 2. The quantitative estimate of drug-likeness (QED) is 0.491. The first-order valence-corrected chi connectivity index (χ1v) is 8.24. The number of carbonyl (C=O) groups is 2. The van der Waals surface area contributed by atoms with Crippen LogP contribution in [0.1, 0.15) is 38.5 Å². The standard InChI is InChI=1S/C16H34N4O2/c1-19(2)13-9-15(21)17-11-7-5-6-8-12-18-16(22)10-14-20(3)4/h5-14H2,1-4H3,(H,17,21)(H,18,22). The summed E-state index contributed by atoms with van der Waals surface area (Å²) >= 11 is 0. The van der Waals surface area contributed by atoms with Crippen molar-refractivity contribution in [2.45, 2.75) is 38.5 Å². The topological polar surface area (TPSA) is 64.7 Å². The van der Waals surface area contributed by atoms with E-state index in [1.54, 1.807) is 0 Å². The van der Waals surface area contributed by atoms with Gasteiger partial charge in [-0.1, -0.05) is 12.8 Å². The molecule has 0 heterocycles. The largest absolute Gasteiger partial charge is 0.356 e. The highest BCUT2D eigenvalue weighted by Crippen LogP contribution is 1.98. The van der Waals surface area contributed by atoms with Crippen molar-refractivity contribution in [2.24, 2.45) is 0 Å². The van der Waals surface area contributed by atoms with Crippen molar-refractivity contribution in [1.82, 2.24) is 20.4 Å². The summed E-state index contributed by atoms with van der Waals surface area (Å²) in [6, 6.07) is 0. The van der Waals surface area contributed by atoms with E-state index >= 15 is 0 Å². The molecule has 2 N–H and O–H groups in total. The van der Waals surface area contributed by atoms with Crippen LogP contribution in [0.25, 0.3) is 0 Å². The van der Waals surface area contributed by atoms with Gasteiger partial charge in [0.1, 0.15) is 0 Å². The van der Waals surface area contributed by atoms with E-state index in [0.717, 1.165) is 51.9 Å². The number of hydrogen-bond donors (Lipinski definition) is 2. The summed E-state index contributed by atoms with van der Waals surface area (Å²) in [5.74, 6) is 0.253. The highest BCUT2D eigenvalue weighted by molar-refractivity contribution is 5.76. The Kier molecular flexibility index (Phi) is 12.8. The van der Waals surface area contributed by atoms with Crippen LogP contribution in [0.15, 0.2) is 0 Å². The zero-order valence-corrected chi connectivity index (χ0v) is 14.8. The Labute approximate surface area is 135 Å². The van der Waals surface area contributed by atoms with Crippen LogP contribution in [-0.4, -0.2) is 76.0 Å². The van der Waals surface area contributed by atoms with Gasteiger partial charge in [0, 0.05) is 39.0 Å². The van der Waals surface area contributed by atoms with Crippen LogP contribution in [0.4, 0.5) is 0 Å². The summed E-state index contributed by atoms with van der Waals surface area (Å²) in [5, 5.41) is 5.87. The number of carbonyl (C=O) groups excluding carboxylic acids is 2. The molecule has 0 radical (unpaired) electrons. The molecule has 0 aromatic heterocycles. The molecule has 2 amide bonds. The molecular weight excluding hydrogens is 280 g/mol.